The van der Waals surface area contributed by atoms with Crippen molar-refractivity contribution in [1.82, 2.24) is 0 Å². The molecule has 0 fully saturated rings. The maximum atomic E-state index is 12.3. The summed E-state index contributed by atoms with van der Waals surface area (Å²) in [5.74, 6) is 0.648. The molecule has 1 heterocycles. The lowest BCUT2D eigenvalue weighted by molar-refractivity contribution is -0.119. The lowest BCUT2D eigenvalue weighted by Gasteiger charge is -2.23. The molecule has 3 heteroatoms. The zero-order chi connectivity index (χ0) is 13.1. The maximum absolute atomic E-state index is 12.3. The van der Waals surface area contributed by atoms with Gasteiger partial charge in [-0.15, -0.1) is 0 Å². The van der Waals surface area contributed by atoms with Crippen LogP contribution in [0.3, 0.4) is 0 Å². The minimum absolute atomic E-state index is 0.229. The van der Waals surface area contributed by atoms with E-state index in [2.05, 4.69) is 19.9 Å². The average molecular weight is 246 g/mol. The third kappa shape index (κ3) is 2.56. The fourth-order valence-corrected chi connectivity index (χ4v) is 2.55. The number of carbonyl (C=O) groups is 1. The predicted octanol–water partition coefficient (Wildman–Crippen LogP) is 2.34. The van der Waals surface area contributed by atoms with Gasteiger partial charge in [0.25, 0.3) is 0 Å². The number of carbonyl (C=O) groups excluding carboxylic acids is 1. The number of rotatable bonds is 4. The molecule has 1 aliphatic rings. The highest BCUT2D eigenvalue weighted by molar-refractivity contribution is 5.96. The summed E-state index contributed by atoms with van der Waals surface area (Å²) in [6.45, 7) is 4.86. The first-order valence-electron chi connectivity index (χ1n) is 6.73. The van der Waals surface area contributed by atoms with Crippen LogP contribution in [-0.2, 0) is 11.2 Å². The topological polar surface area (TPSA) is 46.3 Å². The number of benzene rings is 1. The molecule has 0 aromatic heterocycles. The summed E-state index contributed by atoms with van der Waals surface area (Å²) in [6, 6.07) is 8.48. The quantitative estimate of drug-likeness (QED) is 0.886. The normalized spacial score (nSPS) is 19.7. The highest BCUT2D eigenvalue weighted by atomic mass is 16.2. The van der Waals surface area contributed by atoms with Crippen molar-refractivity contribution in [3.63, 3.8) is 0 Å². The SMILES string of the molecule is CC(CN)CCC(=O)N1c2ccccc2CC1C. The monoisotopic (exact) mass is 246 g/mol. The molecule has 2 atom stereocenters. The second-order valence-electron chi connectivity index (χ2n) is 5.33. The summed E-state index contributed by atoms with van der Waals surface area (Å²) in [4.78, 5) is 14.3. The van der Waals surface area contributed by atoms with E-state index in [1.807, 2.05) is 23.1 Å². The van der Waals surface area contributed by atoms with Crippen molar-refractivity contribution in [2.24, 2.45) is 11.7 Å². The average Bonchev–Trinajstić information content (AvgIpc) is 2.71. The molecule has 0 saturated carbocycles. The Morgan fingerprint density at radius 2 is 2.22 bits per heavy atom. The van der Waals surface area contributed by atoms with Crippen molar-refractivity contribution >= 4 is 11.6 Å². The third-order valence-electron chi connectivity index (χ3n) is 3.73. The van der Waals surface area contributed by atoms with Gasteiger partial charge in [-0.1, -0.05) is 25.1 Å². The molecule has 1 aromatic carbocycles. The second kappa shape index (κ2) is 5.53. The van der Waals surface area contributed by atoms with Crippen LogP contribution in [0.5, 0.6) is 0 Å². The van der Waals surface area contributed by atoms with Crippen LogP contribution >= 0.6 is 0 Å². The molecule has 0 spiro atoms. The number of amides is 1. The number of nitrogens with two attached hydrogens (primary N) is 1. The van der Waals surface area contributed by atoms with Gasteiger partial charge in [0.05, 0.1) is 0 Å². The van der Waals surface area contributed by atoms with Crippen LogP contribution in [0.15, 0.2) is 24.3 Å². The zero-order valence-electron chi connectivity index (χ0n) is 11.2. The highest BCUT2D eigenvalue weighted by Crippen LogP contribution is 2.32. The van der Waals surface area contributed by atoms with Gasteiger partial charge in [-0.2, -0.15) is 0 Å². The fraction of sp³-hybridized carbons (Fsp3) is 0.533. The molecule has 2 unspecified atom stereocenters. The molecule has 0 aliphatic carbocycles. The van der Waals surface area contributed by atoms with Crippen molar-refractivity contribution in [3.05, 3.63) is 29.8 Å². The minimum Gasteiger partial charge on any atom is -0.330 e. The summed E-state index contributed by atoms with van der Waals surface area (Å²) in [6.07, 6.45) is 2.44. The first-order chi connectivity index (χ1) is 8.63. The highest BCUT2D eigenvalue weighted by Gasteiger charge is 2.30. The first-order valence-corrected chi connectivity index (χ1v) is 6.73. The first kappa shape index (κ1) is 13.1. The van der Waals surface area contributed by atoms with Gasteiger partial charge >= 0.3 is 0 Å². The van der Waals surface area contributed by atoms with Gasteiger partial charge in [-0.05, 0) is 43.9 Å². The fourth-order valence-electron chi connectivity index (χ4n) is 2.55. The summed E-state index contributed by atoms with van der Waals surface area (Å²) >= 11 is 0. The van der Waals surface area contributed by atoms with E-state index in [9.17, 15) is 4.79 Å². The number of hydrogen-bond acceptors (Lipinski definition) is 2. The molecule has 0 radical (unpaired) electrons. The van der Waals surface area contributed by atoms with Gasteiger partial charge < -0.3 is 10.6 Å². The lowest BCUT2D eigenvalue weighted by Crippen LogP contribution is -2.35. The van der Waals surface area contributed by atoms with Crippen molar-refractivity contribution < 1.29 is 4.79 Å². The molecule has 98 valence electrons. The third-order valence-corrected chi connectivity index (χ3v) is 3.73. The van der Waals surface area contributed by atoms with E-state index in [1.165, 1.54) is 5.56 Å². The Morgan fingerprint density at radius 1 is 1.50 bits per heavy atom. The van der Waals surface area contributed by atoms with E-state index in [-0.39, 0.29) is 11.9 Å². The summed E-state index contributed by atoms with van der Waals surface area (Å²) in [7, 11) is 0. The van der Waals surface area contributed by atoms with E-state index in [1.54, 1.807) is 0 Å². The molecule has 1 aliphatic heterocycles. The molecule has 1 aromatic rings. The smallest absolute Gasteiger partial charge is 0.227 e. The standard InChI is InChI=1S/C15H22N2O/c1-11(10-16)7-8-15(18)17-12(2)9-13-5-3-4-6-14(13)17/h3-6,11-12H,7-10,16H2,1-2H3. The van der Waals surface area contributed by atoms with Crippen molar-refractivity contribution in [1.29, 1.82) is 0 Å². The number of nitrogens with zero attached hydrogens (tertiary/aromatic N) is 1. The predicted molar refractivity (Wildman–Crippen MR) is 74.5 cm³/mol. The van der Waals surface area contributed by atoms with E-state index in [0.29, 0.717) is 18.9 Å². The number of para-hydroxylation sites is 1. The van der Waals surface area contributed by atoms with Crippen LogP contribution in [0.1, 0.15) is 32.3 Å². The van der Waals surface area contributed by atoms with Crippen LogP contribution in [0.2, 0.25) is 0 Å². The van der Waals surface area contributed by atoms with Gasteiger partial charge in [-0.25, -0.2) is 0 Å². The number of anilines is 1. The lowest BCUT2D eigenvalue weighted by atomic mass is 10.1. The Bertz CT molecular complexity index is 430. The van der Waals surface area contributed by atoms with Crippen LogP contribution in [0.4, 0.5) is 5.69 Å². The molecule has 0 bridgehead atoms. The minimum atomic E-state index is 0.229. The van der Waals surface area contributed by atoms with Gasteiger partial charge in [0, 0.05) is 18.2 Å². The Balaban J connectivity index is 2.06. The van der Waals surface area contributed by atoms with Gasteiger partial charge in [0.2, 0.25) is 5.91 Å². The van der Waals surface area contributed by atoms with E-state index in [0.717, 1.165) is 18.5 Å². The Morgan fingerprint density at radius 3 is 2.94 bits per heavy atom. The molecule has 3 nitrogen and oxygen atoms in total. The summed E-state index contributed by atoms with van der Waals surface area (Å²) in [5.41, 5.74) is 7.97. The zero-order valence-corrected chi connectivity index (χ0v) is 11.2. The second-order valence-corrected chi connectivity index (χ2v) is 5.33. The van der Waals surface area contributed by atoms with E-state index in [4.69, 9.17) is 5.73 Å². The van der Waals surface area contributed by atoms with Gasteiger partial charge in [-0.3, -0.25) is 4.79 Å². The Labute approximate surface area is 109 Å². The van der Waals surface area contributed by atoms with Crippen molar-refractivity contribution in [2.75, 3.05) is 11.4 Å². The molecular weight excluding hydrogens is 224 g/mol. The molecular formula is C15H22N2O. The van der Waals surface area contributed by atoms with Crippen LogP contribution < -0.4 is 10.6 Å². The number of fused-ring (bicyclic) bond motifs is 1. The Hall–Kier alpha value is -1.35. The van der Waals surface area contributed by atoms with Crippen molar-refractivity contribution in [3.8, 4) is 0 Å². The van der Waals surface area contributed by atoms with Crippen LogP contribution in [-0.4, -0.2) is 18.5 Å². The van der Waals surface area contributed by atoms with E-state index < -0.39 is 0 Å². The van der Waals surface area contributed by atoms with Crippen LogP contribution in [0.25, 0.3) is 0 Å². The molecule has 18 heavy (non-hydrogen) atoms. The molecule has 1 amide bonds. The van der Waals surface area contributed by atoms with E-state index >= 15 is 0 Å². The molecule has 2 N–H and O–H groups in total. The maximum Gasteiger partial charge on any atom is 0.227 e. The summed E-state index contributed by atoms with van der Waals surface area (Å²) in [5, 5.41) is 0. The largest absolute Gasteiger partial charge is 0.330 e. The summed E-state index contributed by atoms with van der Waals surface area (Å²) < 4.78 is 0. The van der Waals surface area contributed by atoms with Gasteiger partial charge in [0.15, 0.2) is 0 Å². The van der Waals surface area contributed by atoms with Crippen molar-refractivity contribution in [2.45, 2.75) is 39.2 Å². The number of hydrogen-bond donors (Lipinski definition) is 1. The van der Waals surface area contributed by atoms with Gasteiger partial charge in [0.1, 0.15) is 0 Å². The molecule has 0 saturated heterocycles. The Kier molecular flexibility index (Phi) is 4.02. The van der Waals surface area contributed by atoms with Crippen LogP contribution in [0, 0.1) is 5.92 Å². The molecule has 2 rings (SSSR count).